The molecular formula is C18H11ClN2O4. The maximum absolute atomic E-state index is 12.0. The Labute approximate surface area is 147 Å². The van der Waals surface area contributed by atoms with Crippen LogP contribution in [0.4, 0.5) is 5.69 Å². The Bertz CT molecular complexity index is 964. The third kappa shape index (κ3) is 3.81. The van der Waals surface area contributed by atoms with Crippen molar-refractivity contribution in [3.8, 4) is 11.3 Å². The minimum atomic E-state index is -0.523. The number of rotatable bonds is 5. The lowest BCUT2D eigenvalue weighted by atomic mass is 10.1. The third-order valence-corrected chi connectivity index (χ3v) is 3.63. The number of hydrogen-bond acceptors (Lipinski definition) is 5. The number of furan rings is 1. The van der Waals surface area contributed by atoms with Gasteiger partial charge < -0.3 is 4.42 Å². The number of nitrogens with zero attached hydrogens (tertiary/aromatic N) is 2. The number of benzene rings is 1. The van der Waals surface area contributed by atoms with Crippen LogP contribution in [0.2, 0.25) is 5.02 Å². The first-order valence-electron chi connectivity index (χ1n) is 7.21. The van der Waals surface area contributed by atoms with E-state index in [-0.39, 0.29) is 16.5 Å². The quantitative estimate of drug-likeness (QED) is 0.284. The zero-order chi connectivity index (χ0) is 17.8. The van der Waals surface area contributed by atoms with Crippen molar-refractivity contribution in [3.05, 3.63) is 87.4 Å². The fraction of sp³-hybridized carbons (Fsp3) is 0. The van der Waals surface area contributed by atoms with Crippen molar-refractivity contribution in [1.29, 1.82) is 0 Å². The van der Waals surface area contributed by atoms with Gasteiger partial charge in [0.25, 0.3) is 5.69 Å². The van der Waals surface area contributed by atoms with E-state index in [4.69, 9.17) is 16.0 Å². The summed E-state index contributed by atoms with van der Waals surface area (Å²) < 4.78 is 5.58. The molecule has 3 aromatic rings. The van der Waals surface area contributed by atoms with E-state index in [1.165, 1.54) is 30.5 Å². The summed E-state index contributed by atoms with van der Waals surface area (Å²) in [6, 6.07) is 10.9. The number of pyridine rings is 1. The summed E-state index contributed by atoms with van der Waals surface area (Å²) in [4.78, 5) is 26.5. The lowest BCUT2D eigenvalue weighted by molar-refractivity contribution is -0.384. The minimum Gasteiger partial charge on any atom is -0.456 e. The van der Waals surface area contributed by atoms with Gasteiger partial charge in [0.1, 0.15) is 11.5 Å². The molecule has 0 amide bonds. The molecule has 2 heterocycles. The van der Waals surface area contributed by atoms with Gasteiger partial charge in [0.05, 0.1) is 10.5 Å². The fourth-order valence-corrected chi connectivity index (χ4v) is 2.38. The number of halogens is 1. The molecular weight excluding hydrogens is 344 g/mol. The Hall–Kier alpha value is -3.25. The van der Waals surface area contributed by atoms with Crippen LogP contribution in [0.1, 0.15) is 16.1 Å². The van der Waals surface area contributed by atoms with Crippen LogP contribution in [0, 0.1) is 10.1 Å². The molecule has 1 aromatic carbocycles. The van der Waals surface area contributed by atoms with E-state index in [2.05, 4.69) is 4.98 Å². The number of ketones is 1. The number of aromatic nitrogens is 1. The number of nitro benzene ring substituents is 1. The molecule has 0 spiro atoms. The van der Waals surface area contributed by atoms with Crippen LogP contribution in [0.3, 0.4) is 0 Å². The topological polar surface area (TPSA) is 86.2 Å². The van der Waals surface area contributed by atoms with Gasteiger partial charge in [-0.05, 0) is 48.6 Å². The van der Waals surface area contributed by atoms with Gasteiger partial charge in [-0.2, -0.15) is 0 Å². The first-order chi connectivity index (χ1) is 12.0. The first kappa shape index (κ1) is 16.6. The molecule has 3 rings (SSSR count). The normalized spacial score (nSPS) is 10.9. The molecule has 0 bridgehead atoms. The molecule has 124 valence electrons. The number of hydrogen-bond donors (Lipinski definition) is 0. The van der Waals surface area contributed by atoms with Crippen molar-refractivity contribution in [2.24, 2.45) is 0 Å². The van der Waals surface area contributed by atoms with Gasteiger partial charge in [-0.1, -0.05) is 11.6 Å². The van der Waals surface area contributed by atoms with Crippen LogP contribution in [0.5, 0.6) is 0 Å². The highest BCUT2D eigenvalue weighted by atomic mass is 35.5. The molecule has 0 saturated heterocycles. The Kier molecular flexibility index (Phi) is 4.72. The highest BCUT2D eigenvalue weighted by Gasteiger charge is 2.18. The maximum atomic E-state index is 12.0. The van der Waals surface area contributed by atoms with Crippen molar-refractivity contribution in [2.75, 3.05) is 0 Å². The van der Waals surface area contributed by atoms with Crippen LogP contribution in [-0.4, -0.2) is 15.7 Å². The largest absolute Gasteiger partial charge is 0.456 e. The molecule has 0 radical (unpaired) electrons. The monoisotopic (exact) mass is 354 g/mol. The van der Waals surface area contributed by atoms with Gasteiger partial charge in [0.2, 0.25) is 0 Å². The summed E-state index contributed by atoms with van der Waals surface area (Å²) in [6.45, 7) is 0. The molecule has 0 N–H and O–H groups in total. The summed E-state index contributed by atoms with van der Waals surface area (Å²) in [5.41, 5.74) is 0.621. The van der Waals surface area contributed by atoms with E-state index in [0.717, 1.165) is 0 Å². The zero-order valence-corrected chi connectivity index (χ0v) is 13.5. The summed E-state index contributed by atoms with van der Waals surface area (Å²) in [7, 11) is 0. The summed E-state index contributed by atoms with van der Waals surface area (Å²) in [6.07, 6.45) is 5.91. The molecule has 7 heteroatoms. The molecule has 6 nitrogen and oxygen atoms in total. The lowest BCUT2D eigenvalue weighted by Crippen LogP contribution is -1.93. The smallest absolute Gasteiger partial charge is 0.281 e. The molecule has 25 heavy (non-hydrogen) atoms. The predicted molar refractivity (Wildman–Crippen MR) is 93.4 cm³/mol. The second-order valence-electron chi connectivity index (χ2n) is 5.06. The van der Waals surface area contributed by atoms with Gasteiger partial charge >= 0.3 is 0 Å². The van der Waals surface area contributed by atoms with Crippen LogP contribution in [0.15, 0.2) is 65.4 Å². The second-order valence-corrected chi connectivity index (χ2v) is 5.50. The average molecular weight is 355 g/mol. The second kappa shape index (κ2) is 7.11. The Morgan fingerprint density at radius 1 is 1.24 bits per heavy atom. The summed E-state index contributed by atoms with van der Waals surface area (Å²) >= 11 is 5.81. The van der Waals surface area contributed by atoms with E-state index in [1.54, 1.807) is 36.5 Å². The molecule has 2 aromatic heterocycles. The van der Waals surface area contributed by atoms with E-state index >= 15 is 0 Å². The summed E-state index contributed by atoms with van der Waals surface area (Å²) in [5.74, 6) is 0.497. The molecule has 0 saturated carbocycles. The van der Waals surface area contributed by atoms with Crippen molar-refractivity contribution in [1.82, 2.24) is 4.98 Å². The van der Waals surface area contributed by atoms with Crippen LogP contribution in [-0.2, 0) is 0 Å². The first-order valence-corrected chi connectivity index (χ1v) is 7.59. The van der Waals surface area contributed by atoms with Gasteiger partial charge in [-0.3, -0.25) is 19.9 Å². The molecule has 0 fully saturated rings. The molecule has 0 unspecified atom stereocenters. The third-order valence-electron chi connectivity index (χ3n) is 3.39. The van der Waals surface area contributed by atoms with E-state index < -0.39 is 4.92 Å². The summed E-state index contributed by atoms with van der Waals surface area (Å²) in [5, 5.41) is 11.4. The SMILES string of the molecule is O=C(/C=C/c1ccc(-c2ccc(Cl)cc2[N+](=O)[O-])o1)c1cccnc1. The molecule has 0 aliphatic heterocycles. The predicted octanol–water partition coefficient (Wildman–Crippen LogP) is 4.80. The van der Waals surface area contributed by atoms with Crippen LogP contribution >= 0.6 is 11.6 Å². The van der Waals surface area contributed by atoms with E-state index in [0.29, 0.717) is 22.6 Å². The lowest BCUT2D eigenvalue weighted by Gasteiger charge is -2.00. The van der Waals surface area contributed by atoms with Crippen molar-refractivity contribution < 1.29 is 14.1 Å². The highest BCUT2D eigenvalue weighted by molar-refractivity contribution is 6.30. The van der Waals surface area contributed by atoms with Crippen LogP contribution in [0.25, 0.3) is 17.4 Å². The number of carbonyl (C=O) groups is 1. The van der Waals surface area contributed by atoms with Gasteiger partial charge in [-0.15, -0.1) is 0 Å². The highest BCUT2D eigenvalue weighted by Crippen LogP contribution is 2.33. The van der Waals surface area contributed by atoms with Crippen molar-refractivity contribution >= 4 is 29.1 Å². The van der Waals surface area contributed by atoms with E-state index in [1.807, 2.05) is 0 Å². The van der Waals surface area contributed by atoms with Crippen molar-refractivity contribution in [2.45, 2.75) is 0 Å². The fourth-order valence-electron chi connectivity index (χ4n) is 2.21. The van der Waals surface area contributed by atoms with Crippen molar-refractivity contribution in [3.63, 3.8) is 0 Å². The number of allylic oxidation sites excluding steroid dienone is 1. The van der Waals surface area contributed by atoms with Crippen LogP contribution < -0.4 is 0 Å². The standard InChI is InChI=1S/C18H11ClN2O4/c19-13-3-6-15(16(10-13)21(23)24)18-8-5-14(25-18)4-7-17(22)12-2-1-9-20-11-12/h1-11H/b7-4+. The minimum absolute atomic E-state index is 0.149. The maximum Gasteiger partial charge on any atom is 0.281 e. The van der Waals surface area contributed by atoms with Gasteiger partial charge in [0.15, 0.2) is 5.78 Å². The zero-order valence-electron chi connectivity index (χ0n) is 12.8. The Balaban J connectivity index is 1.85. The molecule has 0 aliphatic carbocycles. The average Bonchev–Trinajstić information content (AvgIpc) is 3.09. The van der Waals surface area contributed by atoms with Gasteiger partial charge in [-0.25, -0.2) is 0 Å². The number of carbonyl (C=O) groups excluding carboxylic acids is 1. The van der Waals surface area contributed by atoms with E-state index in [9.17, 15) is 14.9 Å². The van der Waals surface area contributed by atoms with Gasteiger partial charge in [0, 0.05) is 29.0 Å². The Morgan fingerprint density at radius 3 is 2.80 bits per heavy atom. The molecule has 0 aliphatic rings. The molecule has 0 atom stereocenters. The number of nitro groups is 1. The Morgan fingerprint density at radius 2 is 2.08 bits per heavy atom.